The van der Waals surface area contributed by atoms with Gasteiger partial charge in [-0.05, 0) is 37.8 Å². The first-order valence-corrected chi connectivity index (χ1v) is 7.20. The number of hydrogen-bond acceptors (Lipinski definition) is 2. The first-order valence-electron chi connectivity index (χ1n) is 7.20. The minimum atomic E-state index is -0.0781. The number of rotatable bonds is 3. The van der Waals surface area contributed by atoms with Gasteiger partial charge in [0.1, 0.15) is 0 Å². The standard InChI is InChI=1S/C15H20N4O/c1-19-9-5-6-11(19)10-16-15(20)14-12-7-3-2-4-8-13(12)17-18-14/h5-6,9H,2-4,7-8,10H2,1H3,(H,16,20)(H,17,18). The minimum Gasteiger partial charge on any atom is -0.353 e. The van der Waals surface area contributed by atoms with E-state index in [4.69, 9.17) is 0 Å². The fourth-order valence-electron chi connectivity index (χ4n) is 2.78. The first-order chi connectivity index (χ1) is 9.75. The summed E-state index contributed by atoms with van der Waals surface area (Å²) in [6.45, 7) is 0.532. The molecule has 20 heavy (non-hydrogen) atoms. The molecule has 2 aromatic rings. The molecule has 0 unspecified atom stereocenters. The second-order valence-electron chi connectivity index (χ2n) is 5.38. The van der Waals surface area contributed by atoms with Crippen LogP contribution in [0.1, 0.15) is 46.7 Å². The summed E-state index contributed by atoms with van der Waals surface area (Å²) in [6.07, 6.45) is 7.49. The van der Waals surface area contributed by atoms with E-state index in [9.17, 15) is 4.79 Å². The van der Waals surface area contributed by atoms with Crippen LogP contribution in [0.5, 0.6) is 0 Å². The van der Waals surface area contributed by atoms with Gasteiger partial charge in [0.25, 0.3) is 5.91 Å². The SMILES string of the molecule is Cn1cccc1CNC(=O)c1n[nH]c2c1CCCCC2. The molecule has 0 fully saturated rings. The summed E-state index contributed by atoms with van der Waals surface area (Å²) in [5.41, 5.74) is 3.93. The molecular formula is C15H20N4O. The molecule has 2 heterocycles. The van der Waals surface area contributed by atoms with E-state index < -0.39 is 0 Å². The fraction of sp³-hybridized carbons (Fsp3) is 0.467. The number of aryl methyl sites for hydroxylation is 2. The number of aromatic amines is 1. The van der Waals surface area contributed by atoms with E-state index in [1.165, 1.54) is 12.8 Å². The lowest BCUT2D eigenvalue weighted by molar-refractivity contribution is 0.0944. The van der Waals surface area contributed by atoms with Crippen molar-refractivity contribution in [2.45, 2.75) is 38.6 Å². The third-order valence-electron chi connectivity index (χ3n) is 4.00. The van der Waals surface area contributed by atoms with Crippen LogP contribution >= 0.6 is 0 Å². The summed E-state index contributed by atoms with van der Waals surface area (Å²) in [5.74, 6) is -0.0781. The summed E-state index contributed by atoms with van der Waals surface area (Å²) >= 11 is 0. The lowest BCUT2D eigenvalue weighted by Gasteiger charge is -2.06. The summed E-state index contributed by atoms with van der Waals surface area (Å²) in [6, 6.07) is 3.98. The number of aromatic nitrogens is 3. The lowest BCUT2D eigenvalue weighted by atomic mass is 10.1. The fourth-order valence-corrected chi connectivity index (χ4v) is 2.78. The Balaban J connectivity index is 1.71. The number of H-pyrrole nitrogens is 1. The maximum atomic E-state index is 12.3. The van der Waals surface area contributed by atoms with Gasteiger partial charge in [-0.2, -0.15) is 5.10 Å². The Bertz CT molecular complexity index is 611. The Morgan fingerprint density at radius 1 is 1.40 bits per heavy atom. The van der Waals surface area contributed by atoms with Gasteiger partial charge in [0.2, 0.25) is 0 Å². The molecule has 0 radical (unpaired) electrons. The quantitative estimate of drug-likeness (QED) is 0.839. The molecule has 0 saturated carbocycles. The van der Waals surface area contributed by atoms with E-state index in [1.807, 2.05) is 29.9 Å². The van der Waals surface area contributed by atoms with Gasteiger partial charge in [0.15, 0.2) is 5.69 Å². The summed E-state index contributed by atoms with van der Waals surface area (Å²) in [4.78, 5) is 12.3. The molecule has 0 aliphatic heterocycles. The van der Waals surface area contributed by atoms with E-state index in [0.29, 0.717) is 12.2 Å². The van der Waals surface area contributed by atoms with Crippen molar-refractivity contribution in [3.8, 4) is 0 Å². The van der Waals surface area contributed by atoms with Crippen LogP contribution in [0, 0.1) is 0 Å². The summed E-state index contributed by atoms with van der Waals surface area (Å²) in [5, 5.41) is 10.2. The number of carbonyl (C=O) groups excluding carboxylic acids is 1. The Kier molecular flexibility index (Phi) is 3.58. The van der Waals surface area contributed by atoms with Gasteiger partial charge in [-0.15, -0.1) is 0 Å². The van der Waals surface area contributed by atoms with Crippen molar-refractivity contribution in [2.24, 2.45) is 7.05 Å². The predicted octanol–water partition coefficient (Wildman–Crippen LogP) is 1.95. The van der Waals surface area contributed by atoms with Crippen LogP contribution in [0.2, 0.25) is 0 Å². The van der Waals surface area contributed by atoms with Crippen molar-refractivity contribution in [1.82, 2.24) is 20.1 Å². The maximum Gasteiger partial charge on any atom is 0.272 e. The molecule has 0 spiro atoms. The Labute approximate surface area is 118 Å². The van der Waals surface area contributed by atoms with E-state index in [-0.39, 0.29) is 5.91 Å². The second-order valence-corrected chi connectivity index (χ2v) is 5.38. The van der Waals surface area contributed by atoms with Gasteiger partial charge >= 0.3 is 0 Å². The molecule has 0 saturated heterocycles. The molecular weight excluding hydrogens is 252 g/mol. The zero-order valence-corrected chi connectivity index (χ0v) is 11.8. The molecule has 0 atom stereocenters. The zero-order chi connectivity index (χ0) is 13.9. The van der Waals surface area contributed by atoms with Crippen molar-refractivity contribution in [3.63, 3.8) is 0 Å². The molecule has 106 valence electrons. The van der Waals surface area contributed by atoms with Crippen LogP contribution in [-0.2, 0) is 26.4 Å². The van der Waals surface area contributed by atoms with E-state index in [2.05, 4.69) is 15.5 Å². The number of nitrogens with zero attached hydrogens (tertiary/aromatic N) is 2. The van der Waals surface area contributed by atoms with Gasteiger partial charge in [-0.3, -0.25) is 9.89 Å². The van der Waals surface area contributed by atoms with E-state index >= 15 is 0 Å². The van der Waals surface area contributed by atoms with Crippen LogP contribution in [0.4, 0.5) is 0 Å². The van der Waals surface area contributed by atoms with E-state index in [0.717, 1.165) is 36.2 Å². The normalized spacial score (nSPS) is 14.7. The van der Waals surface area contributed by atoms with Crippen molar-refractivity contribution in [3.05, 3.63) is 41.0 Å². The largest absolute Gasteiger partial charge is 0.353 e. The van der Waals surface area contributed by atoms with Crippen LogP contribution in [0.3, 0.4) is 0 Å². The van der Waals surface area contributed by atoms with Gasteiger partial charge in [-0.1, -0.05) is 6.42 Å². The minimum absolute atomic E-state index is 0.0781. The Morgan fingerprint density at radius 2 is 2.25 bits per heavy atom. The molecule has 5 heteroatoms. The third-order valence-corrected chi connectivity index (χ3v) is 4.00. The lowest BCUT2D eigenvalue weighted by Crippen LogP contribution is -2.25. The van der Waals surface area contributed by atoms with Crippen LogP contribution in [0.15, 0.2) is 18.3 Å². The molecule has 1 aliphatic rings. The van der Waals surface area contributed by atoms with Crippen molar-refractivity contribution in [1.29, 1.82) is 0 Å². The molecule has 1 aliphatic carbocycles. The van der Waals surface area contributed by atoms with Crippen molar-refractivity contribution in [2.75, 3.05) is 0 Å². The topological polar surface area (TPSA) is 62.7 Å². The van der Waals surface area contributed by atoms with Gasteiger partial charge in [0.05, 0.1) is 6.54 Å². The molecule has 5 nitrogen and oxygen atoms in total. The zero-order valence-electron chi connectivity index (χ0n) is 11.8. The average molecular weight is 272 g/mol. The number of amides is 1. The summed E-state index contributed by atoms with van der Waals surface area (Å²) < 4.78 is 2.01. The van der Waals surface area contributed by atoms with Crippen LogP contribution in [-0.4, -0.2) is 20.7 Å². The van der Waals surface area contributed by atoms with Gasteiger partial charge in [0, 0.05) is 30.2 Å². The number of fused-ring (bicyclic) bond motifs is 1. The average Bonchev–Trinajstić information content (AvgIpc) is 2.96. The molecule has 0 bridgehead atoms. The second kappa shape index (κ2) is 5.53. The smallest absolute Gasteiger partial charge is 0.272 e. The highest BCUT2D eigenvalue weighted by Crippen LogP contribution is 2.21. The Morgan fingerprint density at radius 3 is 3.05 bits per heavy atom. The first kappa shape index (κ1) is 13.0. The molecule has 2 N–H and O–H groups in total. The molecule has 3 rings (SSSR count). The Hall–Kier alpha value is -2.04. The highest BCUT2D eigenvalue weighted by Gasteiger charge is 2.20. The number of nitrogens with one attached hydrogen (secondary N) is 2. The molecule has 2 aromatic heterocycles. The number of hydrogen-bond donors (Lipinski definition) is 2. The van der Waals surface area contributed by atoms with E-state index in [1.54, 1.807) is 0 Å². The predicted molar refractivity (Wildman–Crippen MR) is 76.4 cm³/mol. The number of carbonyl (C=O) groups is 1. The molecule has 1 amide bonds. The third kappa shape index (κ3) is 2.48. The monoisotopic (exact) mass is 272 g/mol. The van der Waals surface area contributed by atoms with Gasteiger partial charge < -0.3 is 9.88 Å². The highest BCUT2D eigenvalue weighted by atomic mass is 16.1. The highest BCUT2D eigenvalue weighted by molar-refractivity contribution is 5.93. The maximum absolute atomic E-state index is 12.3. The van der Waals surface area contributed by atoms with Gasteiger partial charge in [-0.25, -0.2) is 0 Å². The van der Waals surface area contributed by atoms with Crippen molar-refractivity contribution >= 4 is 5.91 Å². The molecule has 0 aromatic carbocycles. The van der Waals surface area contributed by atoms with Crippen molar-refractivity contribution < 1.29 is 4.79 Å². The van der Waals surface area contributed by atoms with Crippen LogP contribution < -0.4 is 5.32 Å². The summed E-state index contributed by atoms with van der Waals surface area (Å²) in [7, 11) is 1.97. The van der Waals surface area contributed by atoms with Crippen LogP contribution in [0.25, 0.3) is 0 Å².